The molecule has 0 spiro atoms. The van der Waals surface area contributed by atoms with Gasteiger partial charge in [0.05, 0.1) is 0 Å². The number of carboxylic acid groups (broad SMARTS) is 1. The van der Waals surface area contributed by atoms with Crippen molar-refractivity contribution in [1.29, 1.82) is 0 Å². The molecule has 0 atom stereocenters. The molecule has 0 amide bonds. The second-order valence-corrected chi connectivity index (χ2v) is 7.88. The monoisotopic (exact) mass is 384 g/mol. The third-order valence-electron chi connectivity index (χ3n) is 5.60. The fourth-order valence-electron chi connectivity index (χ4n) is 4.12. The molecule has 27 heavy (non-hydrogen) atoms. The van der Waals surface area contributed by atoms with Gasteiger partial charge in [-0.25, -0.2) is 14.8 Å². The number of carbonyl (C=O) groups is 1. The zero-order chi connectivity index (χ0) is 18.8. The van der Waals surface area contributed by atoms with Crippen LogP contribution in [-0.4, -0.2) is 57.9 Å². The van der Waals surface area contributed by atoms with Crippen LogP contribution in [0.15, 0.2) is 35.6 Å². The second kappa shape index (κ2) is 7.86. The molecule has 6 nitrogen and oxygen atoms in total. The number of benzene rings is 1. The molecule has 0 saturated carbocycles. The number of aromatic carboxylic acids is 1. The first-order chi connectivity index (χ1) is 13.2. The van der Waals surface area contributed by atoms with Gasteiger partial charge in [-0.05, 0) is 36.6 Å². The fourth-order valence-corrected chi connectivity index (χ4v) is 4.46. The van der Waals surface area contributed by atoms with Crippen molar-refractivity contribution in [2.75, 3.05) is 30.8 Å². The Bertz CT molecular complexity index is 836. The Kier molecular flexibility index (Phi) is 5.31. The SMILES string of the molecule is CSc1ncc(C(=O)O)c(N2CCC(N3CCc4ccccc4C3)CC2)n1. The highest BCUT2D eigenvalue weighted by molar-refractivity contribution is 7.98. The van der Waals surface area contributed by atoms with Crippen molar-refractivity contribution >= 4 is 23.5 Å². The lowest BCUT2D eigenvalue weighted by Gasteiger charge is -2.41. The first-order valence-electron chi connectivity index (χ1n) is 9.36. The lowest BCUT2D eigenvalue weighted by Crippen LogP contribution is -2.47. The second-order valence-electron chi connectivity index (χ2n) is 7.11. The van der Waals surface area contributed by atoms with Crippen LogP contribution < -0.4 is 4.90 Å². The van der Waals surface area contributed by atoms with Crippen LogP contribution in [0, 0.1) is 0 Å². The van der Waals surface area contributed by atoms with Gasteiger partial charge in [-0.1, -0.05) is 36.0 Å². The highest BCUT2D eigenvalue weighted by Gasteiger charge is 2.29. The maximum atomic E-state index is 11.6. The van der Waals surface area contributed by atoms with E-state index in [0.717, 1.165) is 45.4 Å². The number of piperidine rings is 1. The van der Waals surface area contributed by atoms with Crippen LogP contribution in [0.3, 0.4) is 0 Å². The maximum Gasteiger partial charge on any atom is 0.341 e. The summed E-state index contributed by atoms with van der Waals surface area (Å²) in [4.78, 5) is 24.9. The maximum absolute atomic E-state index is 11.6. The lowest BCUT2D eigenvalue weighted by atomic mass is 9.95. The van der Waals surface area contributed by atoms with Gasteiger partial charge < -0.3 is 10.0 Å². The summed E-state index contributed by atoms with van der Waals surface area (Å²) >= 11 is 1.43. The molecule has 0 radical (unpaired) electrons. The van der Waals surface area contributed by atoms with E-state index in [4.69, 9.17) is 0 Å². The summed E-state index contributed by atoms with van der Waals surface area (Å²) in [5.74, 6) is -0.406. The summed E-state index contributed by atoms with van der Waals surface area (Å²) < 4.78 is 0. The number of thioether (sulfide) groups is 1. The minimum atomic E-state index is -0.965. The molecule has 0 unspecified atom stereocenters. The van der Waals surface area contributed by atoms with Gasteiger partial charge in [0, 0.05) is 38.4 Å². The van der Waals surface area contributed by atoms with Crippen molar-refractivity contribution < 1.29 is 9.90 Å². The summed E-state index contributed by atoms with van der Waals surface area (Å²) in [6.07, 6.45) is 6.51. The number of fused-ring (bicyclic) bond motifs is 1. The standard InChI is InChI=1S/C20H24N4O2S/c1-27-20-21-12-17(19(25)26)18(22-20)23-10-7-16(8-11-23)24-9-6-14-4-2-3-5-15(14)13-24/h2-5,12,16H,6-11,13H2,1H3,(H,25,26). The van der Waals surface area contributed by atoms with Crippen molar-refractivity contribution in [3.63, 3.8) is 0 Å². The van der Waals surface area contributed by atoms with Crippen molar-refractivity contribution in [2.24, 2.45) is 0 Å². The topological polar surface area (TPSA) is 69.6 Å². The summed E-state index contributed by atoms with van der Waals surface area (Å²) in [6.45, 7) is 3.78. The molecule has 4 rings (SSSR count). The third kappa shape index (κ3) is 3.80. The van der Waals surface area contributed by atoms with Gasteiger partial charge in [0.25, 0.3) is 0 Å². The number of rotatable bonds is 4. The smallest absolute Gasteiger partial charge is 0.341 e. The van der Waals surface area contributed by atoms with Crippen LogP contribution in [0.1, 0.15) is 34.3 Å². The molecule has 1 aromatic carbocycles. The van der Waals surface area contributed by atoms with Crippen LogP contribution in [0.25, 0.3) is 0 Å². The van der Waals surface area contributed by atoms with Gasteiger partial charge in [-0.3, -0.25) is 4.90 Å². The minimum Gasteiger partial charge on any atom is -0.477 e. The number of aromatic nitrogens is 2. The van der Waals surface area contributed by atoms with Crippen molar-refractivity contribution in [2.45, 2.75) is 37.0 Å². The number of hydrogen-bond acceptors (Lipinski definition) is 6. The molecule has 1 saturated heterocycles. The van der Waals surface area contributed by atoms with Gasteiger partial charge in [0.2, 0.25) is 0 Å². The van der Waals surface area contributed by atoms with Gasteiger partial charge in [-0.2, -0.15) is 0 Å². The molecule has 2 aromatic rings. The predicted molar refractivity (Wildman–Crippen MR) is 107 cm³/mol. The van der Waals surface area contributed by atoms with E-state index in [-0.39, 0.29) is 5.56 Å². The Balaban J connectivity index is 1.45. The number of hydrogen-bond donors (Lipinski definition) is 1. The molecule has 7 heteroatoms. The normalized spacial score (nSPS) is 18.3. The van der Waals surface area contributed by atoms with E-state index in [2.05, 4.69) is 44.0 Å². The van der Waals surface area contributed by atoms with Crippen LogP contribution in [-0.2, 0) is 13.0 Å². The van der Waals surface area contributed by atoms with E-state index in [1.165, 1.54) is 29.1 Å². The molecular formula is C20H24N4O2S. The van der Waals surface area contributed by atoms with E-state index in [1.54, 1.807) is 0 Å². The fraction of sp³-hybridized carbons (Fsp3) is 0.450. The number of carboxylic acids is 1. The highest BCUT2D eigenvalue weighted by Crippen LogP contribution is 2.28. The first-order valence-corrected chi connectivity index (χ1v) is 10.6. The summed E-state index contributed by atoms with van der Waals surface area (Å²) in [6, 6.07) is 9.26. The summed E-state index contributed by atoms with van der Waals surface area (Å²) in [5.41, 5.74) is 3.11. The molecule has 2 aliphatic heterocycles. The Labute approximate surface area is 163 Å². The zero-order valence-corrected chi connectivity index (χ0v) is 16.3. The molecule has 1 N–H and O–H groups in total. The number of anilines is 1. The quantitative estimate of drug-likeness (QED) is 0.642. The average molecular weight is 385 g/mol. The summed E-state index contributed by atoms with van der Waals surface area (Å²) in [5, 5.41) is 10.1. The first kappa shape index (κ1) is 18.3. The van der Waals surface area contributed by atoms with E-state index in [0.29, 0.717) is 17.0 Å². The molecule has 0 bridgehead atoms. The van der Waals surface area contributed by atoms with Crippen LogP contribution in [0.4, 0.5) is 5.82 Å². The summed E-state index contributed by atoms with van der Waals surface area (Å²) in [7, 11) is 0. The van der Waals surface area contributed by atoms with Gasteiger partial charge in [0.15, 0.2) is 5.16 Å². The van der Waals surface area contributed by atoms with Crippen LogP contribution >= 0.6 is 11.8 Å². The molecular weight excluding hydrogens is 360 g/mol. The number of nitrogens with zero attached hydrogens (tertiary/aromatic N) is 4. The van der Waals surface area contributed by atoms with Crippen molar-refractivity contribution in [1.82, 2.24) is 14.9 Å². The molecule has 142 valence electrons. The molecule has 2 aliphatic rings. The highest BCUT2D eigenvalue weighted by atomic mass is 32.2. The third-order valence-corrected chi connectivity index (χ3v) is 6.16. The lowest BCUT2D eigenvalue weighted by molar-refractivity contribution is 0.0696. The van der Waals surface area contributed by atoms with Crippen LogP contribution in [0.2, 0.25) is 0 Å². The minimum absolute atomic E-state index is 0.193. The Morgan fingerprint density at radius 3 is 2.63 bits per heavy atom. The zero-order valence-electron chi connectivity index (χ0n) is 15.5. The molecule has 0 aliphatic carbocycles. The predicted octanol–water partition coefficient (Wildman–Crippen LogP) is 2.92. The molecule has 1 aromatic heterocycles. The van der Waals surface area contributed by atoms with E-state index in [9.17, 15) is 9.90 Å². The average Bonchev–Trinajstić information content (AvgIpc) is 2.73. The van der Waals surface area contributed by atoms with Gasteiger partial charge >= 0.3 is 5.97 Å². The Hall–Kier alpha value is -2.12. The largest absolute Gasteiger partial charge is 0.477 e. The van der Waals surface area contributed by atoms with Crippen molar-refractivity contribution in [3.8, 4) is 0 Å². The van der Waals surface area contributed by atoms with E-state index in [1.807, 2.05) is 6.26 Å². The van der Waals surface area contributed by atoms with Crippen molar-refractivity contribution in [3.05, 3.63) is 47.2 Å². The van der Waals surface area contributed by atoms with Gasteiger partial charge in [0.1, 0.15) is 11.4 Å². The van der Waals surface area contributed by atoms with E-state index >= 15 is 0 Å². The van der Waals surface area contributed by atoms with Gasteiger partial charge in [-0.15, -0.1) is 0 Å². The molecule has 3 heterocycles. The molecule has 1 fully saturated rings. The van der Waals surface area contributed by atoms with E-state index < -0.39 is 5.97 Å². The Morgan fingerprint density at radius 2 is 1.93 bits per heavy atom. The Morgan fingerprint density at radius 1 is 1.19 bits per heavy atom. The van der Waals surface area contributed by atoms with Crippen LogP contribution in [0.5, 0.6) is 0 Å².